The maximum Gasteiger partial charge on any atom is 0.303 e. The Morgan fingerprint density at radius 1 is 0.535 bits per heavy atom. The van der Waals surface area contributed by atoms with Crippen LogP contribution >= 0.6 is 0 Å². The van der Waals surface area contributed by atoms with Crippen molar-refractivity contribution < 1.29 is 24.5 Å². The zero-order valence-corrected chi connectivity index (χ0v) is 24.8. The highest BCUT2D eigenvalue weighted by Gasteiger charge is 2.12. The van der Waals surface area contributed by atoms with E-state index in [4.69, 9.17) is 9.84 Å². The average Bonchev–Trinajstić information content (AvgIpc) is 3.02. The van der Waals surface area contributed by atoms with Crippen molar-refractivity contribution in [2.45, 2.75) is 70.6 Å². The second-order valence-electron chi connectivity index (χ2n) is 11.1. The van der Waals surface area contributed by atoms with Crippen molar-refractivity contribution in [3.05, 3.63) is 114 Å². The summed E-state index contributed by atoms with van der Waals surface area (Å²) in [6.07, 6.45) is 8.43. The van der Waals surface area contributed by atoms with Gasteiger partial charge in [0.15, 0.2) is 0 Å². The highest BCUT2D eigenvalue weighted by molar-refractivity contribution is 5.74. The maximum atomic E-state index is 11.3. The smallest absolute Gasteiger partial charge is 0.303 e. The minimum absolute atomic E-state index is 0.0416. The average molecular weight is 579 g/mol. The number of benzene rings is 4. The number of unbranched alkanes of at least 4 members (excludes halogenated alkanes) is 4. The van der Waals surface area contributed by atoms with Crippen LogP contribution in [0.1, 0.15) is 68.1 Å². The first kappa shape index (κ1) is 31.6. The molecule has 5 heteroatoms. The predicted octanol–water partition coefficient (Wildman–Crippen LogP) is 9.02. The van der Waals surface area contributed by atoms with Crippen molar-refractivity contribution >= 4 is 11.9 Å². The number of hydrogen-bond donors (Lipinski definition) is 2. The van der Waals surface area contributed by atoms with Crippen molar-refractivity contribution in [1.82, 2.24) is 0 Å². The maximum absolute atomic E-state index is 11.3. The molecule has 43 heavy (non-hydrogen) atoms. The van der Waals surface area contributed by atoms with Crippen LogP contribution in [0.4, 0.5) is 0 Å². The van der Waals surface area contributed by atoms with E-state index >= 15 is 0 Å². The number of carboxylic acid groups (broad SMARTS) is 2. The van der Waals surface area contributed by atoms with Gasteiger partial charge in [0.1, 0.15) is 5.75 Å². The van der Waals surface area contributed by atoms with Gasteiger partial charge >= 0.3 is 11.9 Å². The van der Waals surface area contributed by atoms with Crippen LogP contribution < -0.4 is 4.74 Å². The summed E-state index contributed by atoms with van der Waals surface area (Å²) < 4.78 is 5.88. The molecule has 0 aliphatic rings. The molecule has 0 aliphatic carbocycles. The third-order valence-electron chi connectivity index (χ3n) is 7.73. The van der Waals surface area contributed by atoms with E-state index in [1.165, 1.54) is 27.8 Å². The van der Waals surface area contributed by atoms with Crippen LogP contribution in [0.2, 0.25) is 0 Å². The monoisotopic (exact) mass is 578 g/mol. The van der Waals surface area contributed by atoms with E-state index in [0.717, 1.165) is 56.1 Å². The van der Waals surface area contributed by atoms with E-state index in [9.17, 15) is 14.7 Å². The summed E-state index contributed by atoms with van der Waals surface area (Å²) in [5, 5.41) is 18.1. The minimum Gasteiger partial charge on any atom is -0.493 e. The summed E-state index contributed by atoms with van der Waals surface area (Å²) in [5.41, 5.74) is 8.41. The minimum atomic E-state index is -0.846. The lowest BCUT2D eigenvalue weighted by atomic mass is 9.94. The summed E-state index contributed by atoms with van der Waals surface area (Å²) in [6, 6.07) is 33.9. The molecule has 4 aromatic carbocycles. The van der Waals surface area contributed by atoms with E-state index in [2.05, 4.69) is 84.9 Å². The zero-order valence-electron chi connectivity index (χ0n) is 24.8. The number of rotatable bonds is 18. The summed E-state index contributed by atoms with van der Waals surface area (Å²) in [5.74, 6) is -1.00. The van der Waals surface area contributed by atoms with Crippen LogP contribution in [0, 0.1) is 0 Å². The molecule has 0 atom stereocenters. The highest BCUT2D eigenvalue weighted by Crippen LogP contribution is 2.30. The number of hydrogen-bond acceptors (Lipinski definition) is 3. The molecular formula is C38H42O5. The first-order valence-corrected chi connectivity index (χ1v) is 15.4. The summed E-state index contributed by atoms with van der Waals surface area (Å²) >= 11 is 0. The quantitative estimate of drug-likeness (QED) is 0.115. The molecule has 224 valence electrons. The van der Waals surface area contributed by atoms with Crippen LogP contribution in [0.15, 0.2) is 97.1 Å². The van der Waals surface area contributed by atoms with Gasteiger partial charge in [-0.1, -0.05) is 104 Å². The Bertz CT molecular complexity index is 1390. The number of carboxylic acids is 2. The molecule has 0 bridgehead atoms. The molecular weight excluding hydrogens is 536 g/mol. The van der Waals surface area contributed by atoms with Crippen molar-refractivity contribution in [2.75, 3.05) is 6.61 Å². The van der Waals surface area contributed by atoms with Crippen molar-refractivity contribution in [1.29, 1.82) is 0 Å². The Kier molecular flexibility index (Phi) is 12.4. The van der Waals surface area contributed by atoms with Gasteiger partial charge in [-0.15, -0.1) is 0 Å². The first-order valence-electron chi connectivity index (χ1n) is 15.4. The van der Waals surface area contributed by atoms with Gasteiger partial charge in [-0.25, -0.2) is 0 Å². The molecule has 5 nitrogen and oxygen atoms in total. The second-order valence-corrected chi connectivity index (χ2v) is 11.1. The fourth-order valence-corrected chi connectivity index (χ4v) is 5.51. The Labute approximate surface area is 255 Å². The summed E-state index contributed by atoms with van der Waals surface area (Å²) in [6.45, 7) is 0.303. The Morgan fingerprint density at radius 3 is 1.72 bits per heavy atom. The molecule has 4 rings (SSSR count). The van der Waals surface area contributed by atoms with Crippen LogP contribution in [-0.4, -0.2) is 28.8 Å². The summed E-state index contributed by atoms with van der Waals surface area (Å²) in [4.78, 5) is 22.1. The Hall–Kier alpha value is -4.38. The fraction of sp³-hybridized carbons (Fsp3) is 0.316. The number of ether oxygens (including phenoxy) is 1. The van der Waals surface area contributed by atoms with E-state index in [1.54, 1.807) is 0 Å². The molecule has 0 saturated carbocycles. The van der Waals surface area contributed by atoms with Gasteiger partial charge < -0.3 is 14.9 Å². The molecule has 2 N–H and O–H groups in total. The van der Waals surface area contributed by atoms with Crippen molar-refractivity contribution in [2.24, 2.45) is 0 Å². The lowest BCUT2D eigenvalue weighted by molar-refractivity contribution is -0.138. The third kappa shape index (κ3) is 10.4. The summed E-state index contributed by atoms with van der Waals surface area (Å²) in [7, 11) is 0. The molecule has 0 fully saturated rings. The normalized spacial score (nSPS) is 10.9. The molecule has 0 aliphatic heterocycles. The molecule has 0 radical (unpaired) electrons. The fourth-order valence-electron chi connectivity index (χ4n) is 5.51. The largest absolute Gasteiger partial charge is 0.493 e. The predicted molar refractivity (Wildman–Crippen MR) is 173 cm³/mol. The van der Waals surface area contributed by atoms with Crippen LogP contribution in [0.3, 0.4) is 0 Å². The Balaban J connectivity index is 1.29. The molecule has 0 unspecified atom stereocenters. The topological polar surface area (TPSA) is 83.8 Å². The molecule has 4 aromatic rings. The molecule has 0 amide bonds. The second kappa shape index (κ2) is 16.9. The van der Waals surface area contributed by atoms with E-state index in [1.807, 2.05) is 12.1 Å². The van der Waals surface area contributed by atoms with Gasteiger partial charge in [0.25, 0.3) is 0 Å². The van der Waals surface area contributed by atoms with Gasteiger partial charge in [-0.3, -0.25) is 9.59 Å². The molecule has 0 saturated heterocycles. The van der Waals surface area contributed by atoms with E-state index in [0.29, 0.717) is 25.2 Å². The van der Waals surface area contributed by atoms with Crippen LogP contribution in [0.5, 0.6) is 5.75 Å². The molecule has 0 spiro atoms. The van der Waals surface area contributed by atoms with E-state index < -0.39 is 11.9 Å². The Morgan fingerprint density at radius 2 is 1.12 bits per heavy atom. The van der Waals surface area contributed by atoms with Gasteiger partial charge in [0, 0.05) is 12.8 Å². The van der Waals surface area contributed by atoms with Gasteiger partial charge in [0.05, 0.1) is 6.61 Å². The van der Waals surface area contributed by atoms with Crippen LogP contribution in [-0.2, 0) is 28.9 Å². The standard InChI is InChI=1S/C38H42O5/c39-37(40)22-13-25-43-36-21-12-20-32(35(36)23-24-38(41)42)19-7-3-1-2-6-14-29-26-33(30-15-8-4-9-16-30)28-34(27-29)31-17-10-5-11-18-31/h4-5,8-12,15-18,20-21,26-28H,1-3,6-7,13-14,19,22-25H2,(H,39,40)(H,41,42). The lowest BCUT2D eigenvalue weighted by Gasteiger charge is -2.15. The molecule has 0 aromatic heterocycles. The zero-order chi connectivity index (χ0) is 30.3. The highest BCUT2D eigenvalue weighted by atomic mass is 16.5. The number of aliphatic carboxylic acids is 2. The van der Waals surface area contributed by atoms with E-state index in [-0.39, 0.29) is 12.8 Å². The first-order chi connectivity index (χ1) is 21.0. The van der Waals surface area contributed by atoms with Gasteiger partial charge in [0.2, 0.25) is 0 Å². The van der Waals surface area contributed by atoms with Crippen molar-refractivity contribution in [3.63, 3.8) is 0 Å². The third-order valence-corrected chi connectivity index (χ3v) is 7.73. The van der Waals surface area contributed by atoms with Gasteiger partial charge in [-0.05, 0) is 89.6 Å². The molecule has 0 heterocycles. The lowest BCUT2D eigenvalue weighted by Crippen LogP contribution is -2.07. The SMILES string of the molecule is O=C(O)CCCOc1cccc(CCCCCCCc2cc(-c3ccccc3)cc(-c3ccccc3)c2)c1CCC(=O)O. The number of carbonyl (C=O) groups is 2. The number of aryl methyl sites for hydroxylation is 2. The van der Waals surface area contributed by atoms with Crippen molar-refractivity contribution in [3.8, 4) is 28.0 Å². The van der Waals surface area contributed by atoms with Gasteiger partial charge in [-0.2, -0.15) is 0 Å². The van der Waals surface area contributed by atoms with Crippen LogP contribution in [0.25, 0.3) is 22.3 Å².